The molecule has 5 heteroatoms. The molecule has 3 aromatic rings. The molecule has 22 heavy (non-hydrogen) atoms. The highest BCUT2D eigenvalue weighted by Crippen LogP contribution is 2.23. The molecule has 3 rings (SSSR count). The first-order valence-electron chi connectivity index (χ1n) is 7.02. The molecule has 0 unspecified atom stereocenters. The highest BCUT2D eigenvalue weighted by atomic mass is 32.2. The lowest BCUT2D eigenvalue weighted by Crippen LogP contribution is -1.99. The van der Waals surface area contributed by atoms with Crippen molar-refractivity contribution < 1.29 is 9.15 Å². The molecule has 0 N–H and O–H groups in total. The van der Waals surface area contributed by atoms with Crippen LogP contribution in [0.5, 0.6) is 5.75 Å². The first-order valence-corrected chi connectivity index (χ1v) is 8.01. The number of ether oxygens (including phenoxy) is 1. The second-order valence-electron chi connectivity index (χ2n) is 4.75. The zero-order chi connectivity index (χ0) is 15.2. The maximum Gasteiger partial charge on any atom is 0.276 e. The van der Waals surface area contributed by atoms with Crippen LogP contribution in [0.3, 0.4) is 0 Å². The molecule has 0 bridgehead atoms. The van der Waals surface area contributed by atoms with E-state index in [0.717, 1.165) is 17.1 Å². The van der Waals surface area contributed by atoms with E-state index in [4.69, 9.17) is 9.15 Å². The average Bonchev–Trinajstić information content (AvgIpc) is 3.02. The molecule has 0 spiro atoms. The SMILES string of the molecule is Cc1cccc(-c2nnc(SCCOc3ccccc3)o2)c1. The summed E-state index contributed by atoms with van der Waals surface area (Å²) in [6, 6.07) is 17.8. The third-order valence-electron chi connectivity index (χ3n) is 2.99. The van der Waals surface area contributed by atoms with Crippen LogP contribution in [0.15, 0.2) is 64.2 Å². The Balaban J connectivity index is 1.52. The smallest absolute Gasteiger partial charge is 0.276 e. The van der Waals surface area contributed by atoms with Crippen molar-refractivity contribution in [3.8, 4) is 17.2 Å². The quantitative estimate of drug-likeness (QED) is 0.504. The van der Waals surface area contributed by atoms with Gasteiger partial charge in [-0.1, -0.05) is 47.7 Å². The molecule has 0 saturated carbocycles. The number of benzene rings is 2. The lowest BCUT2D eigenvalue weighted by molar-refractivity contribution is 0.343. The molecule has 112 valence electrons. The predicted octanol–water partition coefficient (Wildman–Crippen LogP) is 4.22. The number of aryl methyl sites for hydroxylation is 1. The molecule has 4 nitrogen and oxygen atoms in total. The lowest BCUT2D eigenvalue weighted by Gasteiger charge is -2.03. The third-order valence-corrected chi connectivity index (χ3v) is 3.78. The summed E-state index contributed by atoms with van der Waals surface area (Å²) in [6.45, 7) is 2.63. The van der Waals surface area contributed by atoms with Gasteiger partial charge in [-0.15, -0.1) is 10.2 Å². The number of rotatable bonds is 6. The molecule has 0 amide bonds. The third kappa shape index (κ3) is 3.89. The molecule has 0 fully saturated rings. The summed E-state index contributed by atoms with van der Waals surface area (Å²) in [7, 11) is 0. The minimum absolute atomic E-state index is 0.551. The second kappa shape index (κ2) is 7.13. The normalized spacial score (nSPS) is 10.6. The van der Waals surface area contributed by atoms with Crippen molar-refractivity contribution in [3.63, 3.8) is 0 Å². The Bertz CT molecular complexity index is 728. The Kier molecular flexibility index (Phi) is 4.75. The molecule has 1 heterocycles. The number of para-hydroxylation sites is 1. The number of aromatic nitrogens is 2. The summed E-state index contributed by atoms with van der Waals surface area (Å²) in [6.07, 6.45) is 0. The van der Waals surface area contributed by atoms with Crippen LogP contribution in [0.1, 0.15) is 5.56 Å². The van der Waals surface area contributed by atoms with Gasteiger partial charge in [-0.05, 0) is 31.2 Å². The summed E-state index contributed by atoms with van der Waals surface area (Å²) in [5.41, 5.74) is 2.11. The second-order valence-corrected chi connectivity index (χ2v) is 5.80. The Labute approximate surface area is 133 Å². The standard InChI is InChI=1S/C17H16N2O2S/c1-13-6-5-7-14(12-13)16-18-19-17(21-16)22-11-10-20-15-8-3-2-4-9-15/h2-9,12H,10-11H2,1H3. The van der Waals surface area contributed by atoms with Crippen molar-refractivity contribution in [2.24, 2.45) is 0 Å². The van der Waals surface area contributed by atoms with Gasteiger partial charge >= 0.3 is 0 Å². The van der Waals surface area contributed by atoms with Crippen LogP contribution < -0.4 is 4.74 Å². The minimum Gasteiger partial charge on any atom is -0.493 e. The van der Waals surface area contributed by atoms with Crippen molar-refractivity contribution >= 4 is 11.8 Å². The Morgan fingerprint density at radius 1 is 1.05 bits per heavy atom. The van der Waals surface area contributed by atoms with E-state index in [1.165, 1.54) is 17.3 Å². The Hall–Kier alpha value is -2.27. The lowest BCUT2D eigenvalue weighted by atomic mass is 10.1. The highest BCUT2D eigenvalue weighted by Gasteiger charge is 2.09. The van der Waals surface area contributed by atoms with Crippen LogP contribution in [0.2, 0.25) is 0 Å². The summed E-state index contributed by atoms with van der Waals surface area (Å²) >= 11 is 1.49. The van der Waals surface area contributed by atoms with Crippen molar-refractivity contribution in [1.29, 1.82) is 0 Å². The fraction of sp³-hybridized carbons (Fsp3) is 0.176. The van der Waals surface area contributed by atoms with Crippen molar-refractivity contribution in [2.75, 3.05) is 12.4 Å². The van der Waals surface area contributed by atoms with E-state index in [1.807, 2.05) is 61.5 Å². The van der Waals surface area contributed by atoms with Crippen LogP contribution in [-0.2, 0) is 0 Å². The molecule has 0 aliphatic heterocycles. The Morgan fingerprint density at radius 2 is 1.91 bits per heavy atom. The van der Waals surface area contributed by atoms with Crippen LogP contribution in [0, 0.1) is 6.92 Å². The van der Waals surface area contributed by atoms with Crippen molar-refractivity contribution in [1.82, 2.24) is 10.2 Å². The minimum atomic E-state index is 0.551. The van der Waals surface area contributed by atoms with Crippen molar-refractivity contribution in [2.45, 2.75) is 12.1 Å². The molecular formula is C17H16N2O2S. The Morgan fingerprint density at radius 3 is 2.73 bits per heavy atom. The van der Waals surface area contributed by atoms with Gasteiger partial charge in [0.2, 0.25) is 5.89 Å². The van der Waals surface area contributed by atoms with Gasteiger partial charge in [0, 0.05) is 11.3 Å². The van der Waals surface area contributed by atoms with E-state index in [0.29, 0.717) is 17.7 Å². The van der Waals surface area contributed by atoms with E-state index in [9.17, 15) is 0 Å². The number of thioether (sulfide) groups is 1. The van der Waals surface area contributed by atoms with Gasteiger partial charge in [-0.3, -0.25) is 0 Å². The van der Waals surface area contributed by atoms with E-state index >= 15 is 0 Å². The summed E-state index contributed by atoms with van der Waals surface area (Å²) in [5, 5.41) is 8.71. The van der Waals surface area contributed by atoms with E-state index in [2.05, 4.69) is 10.2 Å². The first kappa shape index (κ1) is 14.7. The predicted molar refractivity (Wildman–Crippen MR) is 87.1 cm³/mol. The summed E-state index contributed by atoms with van der Waals surface area (Å²) < 4.78 is 11.3. The zero-order valence-electron chi connectivity index (χ0n) is 12.2. The van der Waals surface area contributed by atoms with E-state index < -0.39 is 0 Å². The molecule has 1 aromatic heterocycles. The molecule has 2 aromatic carbocycles. The monoisotopic (exact) mass is 312 g/mol. The van der Waals surface area contributed by atoms with Gasteiger partial charge in [0.25, 0.3) is 5.22 Å². The van der Waals surface area contributed by atoms with Gasteiger partial charge < -0.3 is 9.15 Å². The molecule has 0 saturated heterocycles. The fourth-order valence-corrected chi connectivity index (χ4v) is 2.55. The maximum atomic E-state index is 5.66. The zero-order valence-corrected chi connectivity index (χ0v) is 13.0. The number of nitrogens with zero attached hydrogens (tertiary/aromatic N) is 2. The summed E-state index contributed by atoms with van der Waals surface area (Å²) in [5.74, 6) is 2.17. The first-order chi connectivity index (χ1) is 10.8. The van der Waals surface area contributed by atoms with Gasteiger partial charge in [0.15, 0.2) is 0 Å². The van der Waals surface area contributed by atoms with Gasteiger partial charge in [-0.2, -0.15) is 0 Å². The number of hydrogen-bond acceptors (Lipinski definition) is 5. The van der Waals surface area contributed by atoms with Gasteiger partial charge in [0.05, 0.1) is 6.61 Å². The molecular weight excluding hydrogens is 296 g/mol. The number of hydrogen-bond donors (Lipinski definition) is 0. The molecule has 0 aliphatic rings. The van der Waals surface area contributed by atoms with Crippen LogP contribution in [0.25, 0.3) is 11.5 Å². The van der Waals surface area contributed by atoms with E-state index in [-0.39, 0.29) is 0 Å². The topological polar surface area (TPSA) is 48.2 Å². The maximum absolute atomic E-state index is 5.66. The fourth-order valence-electron chi connectivity index (χ4n) is 1.97. The molecule has 0 atom stereocenters. The molecule has 0 aliphatic carbocycles. The van der Waals surface area contributed by atoms with Crippen LogP contribution in [0.4, 0.5) is 0 Å². The van der Waals surface area contributed by atoms with Crippen LogP contribution in [-0.4, -0.2) is 22.6 Å². The van der Waals surface area contributed by atoms with E-state index in [1.54, 1.807) is 0 Å². The summed E-state index contributed by atoms with van der Waals surface area (Å²) in [4.78, 5) is 0. The average molecular weight is 312 g/mol. The van der Waals surface area contributed by atoms with Gasteiger partial charge in [-0.25, -0.2) is 0 Å². The van der Waals surface area contributed by atoms with Gasteiger partial charge in [0.1, 0.15) is 5.75 Å². The largest absolute Gasteiger partial charge is 0.493 e. The highest BCUT2D eigenvalue weighted by molar-refractivity contribution is 7.99. The van der Waals surface area contributed by atoms with Crippen LogP contribution >= 0.6 is 11.8 Å². The molecule has 0 radical (unpaired) electrons. The van der Waals surface area contributed by atoms with Crippen molar-refractivity contribution in [3.05, 3.63) is 60.2 Å².